The largest absolute Gasteiger partial charge is 0.370 e. The number of carbonyl (C=O) groups excluding carboxylic acids is 9. The van der Waals surface area contributed by atoms with Gasteiger partial charge in [0, 0.05) is 43.0 Å². The van der Waals surface area contributed by atoms with Gasteiger partial charge >= 0.3 is 6.03 Å². The highest BCUT2D eigenvalue weighted by Crippen LogP contribution is 2.27. The number of hydrogen-bond acceptors (Lipinski definition) is 13. The van der Waals surface area contributed by atoms with Gasteiger partial charge < -0.3 is 42.0 Å². The second-order valence-corrected chi connectivity index (χ2v) is 24.1. The maximum absolute atomic E-state index is 14.3. The van der Waals surface area contributed by atoms with E-state index in [2.05, 4.69) is 36.2 Å². The van der Waals surface area contributed by atoms with Crippen molar-refractivity contribution in [2.24, 2.45) is 23.0 Å². The Labute approximate surface area is 448 Å². The molecule has 3 unspecified atom stereocenters. The summed E-state index contributed by atoms with van der Waals surface area (Å²) in [4.78, 5) is 122. The van der Waals surface area contributed by atoms with Crippen molar-refractivity contribution in [1.29, 1.82) is 0 Å². The van der Waals surface area contributed by atoms with Crippen LogP contribution >= 0.6 is 0 Å². The summed E-state index contributed by atoms with van der Waals surface area (Å²) in [5, 5.41) is 13.5. The van der Waals surface area contributed by atoms with Gasteiger partial charge in [0.15, 0.2) is 0 Å². The first kappa shape index (κ1) is 64.1. The van der Waals surface area contributed by atoms with Crippen molar-refractivity contribution in [3.05, 3.63) is 48.1 Å². The van der Waals surface area contributed by atoms with Gasteiger partial charge in [0.25, 0.3) is 27.7 Å². The van der Waals surface area contributed by atoms with Gasteiger partial charge in [-0.1, -0.05) is 61.0 Å². The Morgan fingerprint density at radius 3 is 2.00 bits per heavy atom. The molecule has 2 aliphatic heterocycles. The number of urea groups is 1. The standard InChI is InChI=1S/C53H84N10O12S/c1-31(2)40(61(14)50(71)45(52(9,10)11)59-48(69)39-19-15-16-27-62(39)33(5)6)28-34(7)46(67)60-76(73,74)37-22-20-36(21-23-37)56-47(68)38(18-17-26-55-51(54)72)57-49(70)44(32(3)4)58-41(64)29-53(12,13)75-35(8)30-63-42(65)24-25-43(63)66/h20-25,28,31-33,35,38-40,44-45H,15-19,26-27,29-30H2,1-14H3,(H,56,68)(H,57,70)(H,58,64)(H,59,69)(H,60,67)(H3,54,55,72)/b34-28+/t35?,38-,39+,40+,44?,45?/m0/s1. The van der Waals surface area contributed by atoms with E-state index in [9.17, 15) is 51.6 Å². The molecule has 3 rings (SSSR count). The zero-order valence-electron chi connectivity index (χ0n) is 46.8. The summed E-state index contributed by atoms with van der Waals surface area (Å²) in [6.45, 7) is 24.0. The van der Waals surface area contributed by atoms with Gasteiger partial charge in [0.1, 0.15) is 18.1 Å². The highest BCUT2D eigenvalue weighted by atomic mass is 32.2. The highest BCUT2D eigenvalue weighted by Gasteiger charge is 2.40. The lowest BCUT2D eigenvalue weighted by Crippen LogP contribution is -2.60. The first-order chi connectivity index (χ1) is 35.1. The minimum atomic E-state index is -4.48. The van der Waals surface area contributed by atoms with Gasteiger partial charge in [-0.15, -0.1) is 0 Å². The van der Waals surface area contributed by atoms with Crippen LogP contribution in [0.4, 0.5) is 10.5 Å². The van der Waals surface area contributed by atoms with Gasteiger partial charge in [0.2, 0.25) is 29.5 Å². The van der Waals surface area contributed by atoms with E-state index in [-0.39, 0.29) is 78.3 Å². The Balaban J connectivity index is 1.72. The van der Waals surface area contributed by atoms with Crippen LogP contribution in [-0.2, 0) is 53.1 Å². The minimum Gasteiger partial charge on any atom is -0.370 e. The van der Waals surface area contributed by atoms with E-state index >= 15 is 0 Å². The molecular formula is C53H84N10O12S. The van der Waals surface area contributed by atoms with Gasteiger partial charge in [-0.05, 0) is 115 Å². The molecule has 22 nitrogen and oxygen atoms in total. The zero-order valence-corrected chi connectivity index (χ0v) is 47.6. The van der Waals surface area contributed by atoms with E-state index in [0.717, 1.165) is 36.4 Å². The van der Waals surface area contributed by atoms with Gasteiger partial charge in [-0.3, -0.25) is 48.2 Å². The normalized spacial score (nSPS) is 17.7. The van der Waals surface area contributed by atoms with E-state index in [0.29, 0.717) is 6.42 Å². The van der Waals surface area contributed by atoms with Crippen molar-refractivity contribution in [2.45, 2.75) is 181 Å². The molecule has 6 atom stereocenters. The lowest BCUT2D eigenvalue weighted by molar-refractivity contribution is -0.145. The fourth-order valence-corrected chi connectivity index (χ4v) is 10.1. The van der Waals surface area contributed by atoms with Crippen molar-refractivity contribution < 1.29 is 56.3 Å². The van der Waals surface area contributed by atoms with E-state index in [4.69, 9.17) is 10.5 Å². The molecule has 0 aromatic heterocycles. The first-order valence-corrected chi connectivity index (χ1v) is 27.5. The van der Waals surface area contributed by atoms with Crippen LogP contribution in [0, 0.1) is 17.3 Å². The van der Waals surface area contributed by atoms with Crippen LogP contribution in [0.3, 0.4) is 0 Å². The van der Waals surface area contributed by atoms with E-state index < -0.39 is 98.7 Å². The van der Waals surface area contributed by atoms with Crippen molar-refractivity contribution in [3.8, 4) is 0 Å². The maximum Gasteiger partial charge on any atom is 0.312 e. The van der Waals surface area contributed by atoms with Crippen molar-refractivity contribution in [3.63, 3.8) is 0 Å². The van der Waals surface area contributed by atoms with Crippen LogP contribution in [-0.4, -0.2) is 151 Å². The molecule has 1 saturated heterocycles. The summed E-state index contributed by atoms with van der Waals surface area (Å²) < 4.78 is 35.2. The molecular weight excluding hydrogens is 1000 g/mol. The quantitative estimate of drug-likeness (QED) is 0.0399. The van der Waals surface area contributed by atoms with E-state index in [1.54, 1.807) is 41.7 Å². The summed E-state index contributed by atoms with van der Waals surface area (Å²) in [5.74, 6) is -5.10. The van der Waals surface area contributed by atoms with Crippen LogP contribution < -0.4 is 37.0 Å². The third kappa shape index (κ3) is 19.1. The number of carbonyl (C=O) groups is 9. The molecule has 2 aliphatic rings. The lowest BCUT2D eigenvalue weighted by atomic mass is 9.84. The predicted molar refractivity (Wildman–Crippen MR) is 287 cm³/mol. The van der Waals surface area contributed by atoms with Crippen molar-refractivity contribution in [1.82, 2.24) is 40.7 Å². The molecule has 8 N–H and O–H groups in total. The average Bonchev–Trinajstić information content (AvgIpc) is 3.62. The molecule has 0 saturated carbocycles. The summed E-state index contributed by atoms with van der Waals surface area (Å²) >= 11 is 0. The third-order valence-corrected chi connectivity index (χ3v) is 14.5. The molecule has 1 fully saturated rings. The number of sulfonamides is 1. The molecule has 23 heteroatoms. The van der Waals surface area contributed by atoms with Gasteiger partial charge in [-0.2, -0.15) is 0 Å². The SMILES string of the molecule is C/C(=C\[C@H](C(C)C)N(C)C(=O)C(NC(=O)[C@H]1CCCCN1C(C)C)C(C)(C)C)C(=O)NS(=O)(=O)c1ccc(NC(=O)[C@H](CCCNC(N)=O)NC(=O)C(NC(=O)CC(C)(C)OC(C)CN2C(=O)C=CC2=O)C(C)C)cc1. The van der Waals surface area contributed by atoms with Crippen molar-refractivity contribution >= 4 is 69.0 Å². The number of nitrogens with one attached hydrogen (secondary N) is 6. The third-order valence-electron chi connectivity index (χ3n) is 13.1. The molecule has 1 aromatic rings. The monoisotopic (exact) mass is 1080 g/mol. The van der Waals surface area contributed by atoms with Gasteiger partial charge in [0.05, 0.1) is 41.6 Å². The number of nitrogens with two attached hydrogens (primary N) is 1. The number of ether oxygens (including phenoxy) is 1. The zero-order chi connectivity index (χ0) is 57.6. The smallest absolute Gasteiger partial charge is 0.312 e. The second-order valence-electron chi connectivity index (χ2n) is 22.4. The summed E-state index contributed by atoms with van der Waals surface area (Å²) in [6.07, 6.45) is 5.79. The van der Waals surface area contributed by atoms with Crippen LogP contribution in [0.25, 0.3) is 0 Å². The Morgan fingerprint density at radius 1 is 0.855 bits per heavy atom. The predicted octanol–water partition coefficient (Wildman–Crippen LogP) is 3.23. The Bertz CT molecular complexity index is 2430. The molecule has 76 heavy (non-hydrogen) atoms. The molecule has 10 amide bonds. The molecule has 0 radical (unpaired) electrons. The van der Waals surface area contributed by atoms with E-state index in [1.165, 1.54) is 42.2 Å². The number of nitrogens with zero attached hydrogens (tertiary/aromatic N) is 3. The van der Waals surface area contributed by atoms with Gasteiger partial charge in [-0.25, -0.2) is 17.9 Å². The Hall–Kier alpha value is -6.20. The summed E-state index contributed by atoms with van der Waals surface area (Å²) in [5.41, 5.74) is 3.59. The highest BCUT2D eigenvalue weighted by molar-refractivity contribution is 7.90. The molecule has 0 bridgehead atoms. The Kier molecular flexibility index (Phi) is 23.4. The molecule has 1 aromatic carbocycles. The molecule has 0 spiro atoms. The van der Waals surface area contributed by atoms with Crippen LogP contribution in [0.5, 0.6) is 0 Å². The fraction of sp³-hybridized carbons (Fsp3) is 0.642. The number of rotatable bonds is 26. The second kappa shape index (κ2) is 27.7. The van der Waals surface area contributed by atoms with Crippen molar-refractivity contribution in [2.75, 3.05) is 32.0 Å². The first-order valence-electron chi connectivity index (χ1n) is 26.0. The van der Waals surface area contributed by atoms with Crippen LogP contribution in [0.15, 0.2) is 53.0 Å². The number of imide groups is 1. The number of amides is 10. The summed E-state index contributed by atoms with van der Waals surface area (Å²) in [6, 6.07) is 0.00672. The van der Waals surface area contributed by atoms with E-state index in [1.807, 2.05) is 48.5 Å². The topological polar surface area (TPSA) is 305 Å². The number of likely N-dealkylation sites (N-methyl/N-ethyl adjacent to an activating group) is 1. The number of piperidine rings is 1. The number of primary amides is 1. The maximum atomic E-state index is 14.3. The van der Waals surface area contributed by atoms with Crippen LogP contribution in [0.2, 0.25) is 0 Å². The molecule has 2 heterocycles. The fourth-order valence-electron chi connectivity index (χ4n) is 9.07. The number of likely N-dealkylation sites (tertiary alicyclic amines) is 1. The average molecular weight is 1090 g/mol. The molecule has 0 aliphatic carbocycles. The lowest BCUT2D eigenvalue weighted by Gasteiger charge is -2.41. The molecule has 424 valence electrons. The number of anilines is 1. The van der Waals surface area contributed by atoms with Crippen LogP contribution in [0.1, 0.15) is 129 Å². The minimum absolute atomic E-state index is 0.00531. The number of hydrogen-bond donors (Lipinski definition) is 7. The number of benzene rings is 1. The summed E-state index contributed by atoms with van der Waals surface area (Å²) in [7, 11) is -2.89. The Morgan fingerprint density at radius 2 is 1.46 bits per heavy atom.